The molecule has 0 atom stereocenters. The summed E-state index contributed by atoms with van der Waals surface area (Å²) >= 11 is 0. The molecule has 1 aliphatic carbocycles. The first-order chi connectivity index (χ1) is 6.27. The number of allylic oxidation sites excluding steroid dienone is 2. The Hall–Kier alpha value is -1.05. The third-order valence-corrected chi connectivity index (χ3v) is 2.75. The summed E-state index contributed by atoms with van der Waals surface area (Å²) in [7, 11) is 2.05. The lowest BCUT2D eigenvalue weighted by atomic mass is 10.00. The van der Waals surface area contributed by atoms with Crippen molar-refractivity contribution in [2.24, 2.45) is 0 Å². The smallest absolute Gasteiger partial charge is 0.162 e. The van der Waals surface area contributed by atoms with E-state index in [2.05, 4.69) is 11.9 Å². The van der Waals surface area contributed by atoms with Gasteiger partial charge in [-0.15, -0.1) is 0 Å². The zero-order valence-electron chi connectivity index (χ0n) is 8.05. The largest absolute Gasteiger partial charge is 0.376 e. The van der Waals surface area contributed by atoms with E-state index in [9.17, 15) is 4.79 Å². The second-order valence-corrected chi connectivity index (χ2v) is 3.88. The number of nitrogens with zero attached hydrogens (tertiary/aromatic N) is 1. The lowest BCUT2D eigenvalue weighted by molar-refractivity contribution is -0.115. The molecule has 13 heavy (non-hydrogen) atoms. The average Bonchev–Trinajstić information content (AvgIpc) is 2.28. The molecule has 0 unspecified atom stereocenters. The van der Waals surface area contributed by atoms with E-state index in [-0.39, 0.29) is 0 Å². The number of carbonyl (C=O) groups is 1. The van der Waals surface area contributed by atoms with Gasteiger partial charge in [0.2, 0.25) is 0 Å². The minimum absolute atomic E-state index is 0.344. The lowest BCUT2D eigenvalue weighted by Crippen LogP contribution is -2.20. The molecule has 70 valence electrons. The third-order valence-electron chi connectivity index (χ3n) is 2.75. The van der Waals surface area contributed by atoms with Crippen LogP contribution in [0.4, 0.5) is 0 Å². The van der Waals surface area contributed by atoms with Crippen LogP contribution >= 0.6 is 0 Å². The van der Waals surface area contributed by atoms with Gasteiger partial charge in [0.1, 0.15) is 0 Å². The van der Waals surface area contributed by atoms with Crippen LogP contribution in [0.5, 0.6) is 0 Å². The molecule has 0 fully saturated rings. The second kappa shape index (κ2) is 3.36. The van der Waals surface area contributed by atoms with Gasteiger partial charge in [-0.2, -0.15) is 0 Å². The Bertz CT molecular complexity index is 288. The van der Waals surface area contributed by atoms with Gasteiger partial charge < -0.3 is 4.90 Å². The van der Waals surface area contributed by atoms with Crippen LogP contribution in [-0.2, 0) is 4.79 Å². The molecule has 0 spiro atoms. The Morgan fingerprint density at radius 1 is 1.31 bits per heavy atom. The first-order valence-corrected chi connectivity index (χ1v) is 4.91. The van der Waals surface area contributed by atoms with Gasteiger partial charge in [-0.1, -0.05) is 0 Å². The van der Waals surface area contributed by atoms with Crippen LogP contribution in [0.1, 0.15) is 25.7 Å². The molecule has 2 aliphatic rings. The monoisotopic (exact) mass is 177 g/mol. The van der Waals surface area contributed by atoms with E-state index in [1.54, 1.807) is 0 Å². The van der Waals surface area contributed by atoms with Crippen molar-refractivity contribution in [2.75, 3.05) is 13.6 Å². The van der Waals surface area contributed by atoms with E-state index in [0.717, 1.165) is 31.4 Å². The summed E-state index contributed by atoms with van der Waals surface area (Å²) in [5.74, 6) is 0.344. The van der Waals surface area contributed by atoms with Crippen LogP contribution in [0.25, 0.3) is 0 Å². The number of carbonyl (C=O) groups excluding carboxylic acids is 1. The van der Waals surface area contributed by atoms with E-state index in [1.165, 1.54) is 12.0 Å². The minimum Gasteiger partial charge on any atom is -0.376 e. The van der Waals surface area contributed by atoms with Gasteiger partial charge in [-0.05, 0) is 37.1 Å². The molecule has 0 N–H and O–H groups in total. The van der Waals surface area contributed by atoms with Crippen LogP contribution in [0.3, 0.4) is 0 Å². The van der Waals surface area contributed by atoms with Gasteiger partial charge in [0.25, 0.3) is 0 Å². The summed E-state index contributed by atoms with van der Waals surface area (Å²) in [5.41, 5.74) is 2.34. The first-order valence-electron chi connectivity index (χ1n) is 4.91. The van der Waals surface area contributed by atoms with Gasteiger partial charge >= 0.3 is 0 Å². The molecule has 0 aromatic carbocycles. The zero-order chi connectivity index (χ0) is 9.26. The van der Waals surface area contributed by atoms with Crippen LogP contribution < -0.4 is 0 Å². The Kier molecular flexibility index (Phi) is 2.21. The Balaban J connectivity index is 2.29. The number of rotatable bonds is 0. The van der Waals surface area contributed by atoms with Crippen molar-refractivity contribution in [3.63, 3.8) is 0 Å². The molecule has 0 aromatic heterocycles. The number of ketones is 1. The van der Waals surface area contributed by atoms with E-state index < -0.39 is 0 Å². The quantitative estimate of drug-likeness (QED) is 0.563. The molecule has 2 nitrogen and oxygen atoms in total. The summed E-state index contributed by atoms with van der Waals surface area (Å²) in [4.78, 5) is 13.8. The average molecular weight is 177 g/mol. The highest BCUT2D eigenvalue weighted by Gasteiger charge is 2.19. The van der Waals surface area contributed by atoms with Crippen molar-refractivity contribution in [2.45, 2.75) is 25.7 Å². The SMILES string of the molecule is CN1C=CC2=C(CCCCC2=O)C1. The van der Waals surface area contributed by atoms with E-state index in [0.29, 0.717) is 5.78 Å². The standard InChI is InChI=1S/C11H15NO/c1-12-7-6-10-9(8-12)4-2-3-5-11(10)13/h6-7H,2-5,8H2,1H3. The van der Waals surface area contributed by atoms with Gasteiger partial charge in [0.15, 0.2) is 5.78 Å². The first kappa shape index (κ1) is 8.54. The minimum atomic E-state index is 0.344. The maximum absolute atomic E-state index is 11.6. The lowest BCUT2D eigenvalue weighted by Gasteiger charge is -2.22. The number of hydrogen-bond acceptors (Lipinski definition) is 2. The zero-order valence-corrected chi connectivity index (χ0v) is 8.05. The molecule has 0 radical (unpaired) electrons. The highest BCUT2D eigenvalue weighted by molar-refractivity contribution is 5.99. The van der Waals surface area contributed by atoms with Crippen molar-refractivity contribution in [3.05, 3.63) is 23.4 Å². The Morgan fingerprint density at radius 3 is 2.92 bits per heavy atom. The highest BCUT2D eigenvalue weighted by Crippen LogP contribution is 2.25. The fourth-order valence-corrected chi connectivity index (χ4v) is 2.02. The van der Waals surface area contributed by atoms with Crippen molar-refractivity contribution in [1.29, 1.82) is 0 Å². The molecule has 0 bridgehead atoms. The molecular formula is C11H15NO. The third kappa shape index (κ3) is 1.67. The van der Waals surface area contributed by atoms with Gasteiger partial charge in [0, 0.05) is 25.6 Å². The van der Waals surface area contributed by atoms with Crippen LogP contribution in [0.2, 0.25) is 0 Å². The van der Waals surface area contributed by atoms with Crippen LogP contribution in [0.15, 0.2) is 23.4 Å². The topological polar surface area (TPSA) is 20.3 Å². The Morgan fingerprint density at radius 2 is 2.08 bits per heavy atom. The van der Waals surface area contributed by atoms with E-state index >= 15 is 0 Å². The summed E-state index contributed by atoms with van der Waals surface area (Å²) in [5, 5.41) is 0. The second-order valence-electron chi connectivity index (χ2n) is 3.88. The van der Waals surface area contributed by atoms with Crippen molar-refractivity contribution >= 4 is 5.78 Å². The van der Waals surface area contributed by atoms with Crippen molar-refractivity contribution < 1.29 is 4.79 Å². The number of hydrogen-bond donors (Lipinski definition) is 0. The fourth-order valence-electron chi connectivity index (χ4n) is 2.02. The highest BCUT2D eigenvalue weighted by atomic mass is 16.1. The van der Waals surface area contributed by atoms with Crippen molar-refractivity contribution in [1.82, 2.24) is 4.90 Å². The van der Waals surface area contributed by atoms with Crippen LogP contribution in [-0.4, -0.2) is 24.3 Å². The van der Waals surface area contributed by atoms with Gasteiger partial charge in [-0.3, -0.25) is 4.79 Å². The molecular weight excluding hydrogens is 162 g/mol. The van der Waals surface area contributed by atoms with E-state index in [4.69, 9.17) is 0 Å². The maximum Gasteiger partial charge on any atom is 0.162 e. The molecule has 1 aliphatic heterocycles. The number of Topliss-reactive ketones (excluding diaryl/α,β-unsaturated/α-hetero) is 1. The molecule has 0 aromatic rings. The molecule has 2 heteroatoms. The number of likely N-dealkylation sites (N-methyl/N-ethyl adjacent to an activating group) is 1. The summed E-state index contributed by atoms with van der Waals surface area (Å²) in [6.45, 7) is 0.942. The predicted molar refractivity (Wildman–Crippen MR) is 52.3 cm³/mol. The van der Waals surface area contributed by atoms with Crippen LogP contribution in [0, 0.1) is 0 Å². The maximum atomic E-state index is 11.6. The summed E-state index contributed by atoms with van der Waals surface area (Å²) in [6, 6.07) is 0. The molecule has 0 saturated carbocycles. The van der Waals surface area contributed by atoms with Gasteiger partial charge in [0.05, 0.1) is 0 Å². The molecule has 0 saturated heterocycles. The van der Waals surface area contributed by atoms with Gasteiger partial charge in [-0.25, -0.2) is 0 Å². The molecule has 1 heterocycles. The molecule has 0 amide bonds. The fraction of sp³-hybridized carbons (Fsp3) is 0.545. The summed E-state index contributed by atoms with van der Waals surface area (Å²) in [6.07, 6.45) is 8.06. The van der Waals surface area contributed by atoms with E-state index in [1.807, 2.05) is 12.3 Å². The Labute approximate surface area is 78.9 Å². The predicted octanol–water partition coefficient (Wildman–Crippen LogP) is 1.89. The normalized spacial score (nSPS) is 23.2. The van der Waals surface area contributed by atoms with Crippen molar-refractivity contribution in [3.8, 4) is 0 Å². The summed E-state index contributed by atoms with van der Waals surface area (Å²) < 4.78 is 0. The molecule has 2 rings (SSSR count).